The Bertz CT molecular complexity index is 767. The molecule has 1 amide bonds. The maximum absolute atomic E-state index is 12.5. The first-order chi connectivity index (χ1) is 13.1. The molecule has 2 aromatic rings. The zero-order chi connectivity index (χ0) is 19.2. The highest BCUT2D eigenvalue weighted by Gasteiger charge is 2.25. The van der Waals surface area contributed by atoms with Gasteiger partial charge in [0.25, 0.3) is 5.91 Å². The lowest BCUT2D eigenvalue weighted by Gasteiger charge is -2.35. The standard InChI is InChI=1S/C20H26N2O5/c1-14-6-9-27-19(14)20(23)21-13-16(22-7-10-26-11-8-22)15-4-5-17(24-2)18(12-15)25-3/h4-6,9,12,16H,7-8,10-11,13H2,1-3H3,(H,21,23). The number of nitrogens with zero attached hydrogens (tertiary/aromatic N) is 1. The fourth-order valence-corrected chi connectivity index (χ4v) is 3.28. The predicted molar refractivity (Wildman–Crippen MR) is 100 cm³/mol. The molecule has 0 radical (unpaired) electrons. The van der Waals surface area contributed by atoms with Crippen LogP contribution in [0.25, 0.3) is 0 Å². The number of nitrogens with one attached hydrogen (secondary N) is 1. The van der Waals surface area contributed by atoms with Crippen LogP contribution in [0.5, 0.6) is 11.5 Å². The minimum Gasteiger partial charge on any atom is -0.493 e. The average Bonchev–Trinajstić information content (AvgIpc) is 3.14. The highest BCUT2D eigenvalue weighted by molar-refractivity contribution is 5.92. The van der Waals surface area contributed by atoms with E-state index >= 15 is 0 Å². The molecular weight excluding hydrogens is 348 g/mol. The van der Waals surface area contributed by atoms with Crippen LogP contribution in [-0.4, -0.2) is 57.9 Å². The third-order valence-electron chi connectivity index (χ3n) is 4.80. The van der Waals surface area contributed by atoms with E-state index in [1.54, 1.807) is 20.3 Å². The Morgan fingerprint density at radius 1 is 1.19 bits per heavy atom. The molecule has 7 heteroatoms. The summed E-state index contributed by atoms with van der Waals surface area (Å²) in [7, 11) is 3.23. The largest absolute Gasteiger partial charge is 0.493 e. The Kier molecular flexibility index (Phi) is 6.36. The third-order valence-corrected chi connectivity index (χ3v) is 4.80. The van der Waals surface area contributed by atoms with Gasteiger partial charge >= 0.3 is 0 Å². The van der Waals surface area contributed by atoms with Gasteiger partial charge in [0.2, 0.25) is 0 Å². The maximum Gasteiger partial charge on any atom is 0.287 e. The van der Waals surface area contributed by atoms with E-state index in [1.165, 1.54) is 6.26 Å². The van der Waals surface area contributed by atoms with Crippen molar-refractivity contribution in [1.29, 1.82) is 0 Å². The van der Waals surface area contributed by atoms with Crippen LogP contribution in [0.2, 0.25) is 0 Å². The fraction of sp³-hybridized carbons (Fsp3) is 0.450. The smallest absolute Gasteiger partial charge is 0.287 e. The number of hydrogen-bond donors (Lipinski definition) is 1. The second-order valence-corrected chi connectivity index (χ2v) is 6.42. The van der Waals surface area contributed by atoms with Crippen LogP contribution in [0.3, 0.4) is 0 Å². The lowest BCUT2D eigenvalue weighted by molar-refractivity contribution is 0.0161. The highest BCUT2D eigenvalue weighted by atomic mass is 16.5. The van der Waals surface area contributed by atoms with E-state index in [1.807, 2.05) is 25.1 Å². The van der Waals surface area contributed by atoms with Gasteiger partial charge in [-0.3, -0.25) is 9.69 Å². The molecule has 1 N–H and O–H groups in total. The Morgan fingerprint density at radius 3 is 2.56 bits per heavy atom. The normalized spacial score (nSPS) is 16.0. The van der Waals surface area contributed by atoms with Gasteiger partial charge in [-0.1, -0.05) is 6.07 Å². The molecule has 146 valence electrons. The lowest BCUT2D eigenvalue weighted by atomic mass is 10.0. The maximum atomic E-state index is 12.5. The van der Waals surface area contributed by atoms with E-state index in [0.717, 1.165) is 24.2 Å². The van der Waals surface area contributed by atoms with Crippen LogP contribution in [0, 0.1) is 6.92 Å². The van der Waals surface area contributed by atoms with E-state index in [9.17, 15) is 4.79 Å². The van der Waals surface area contributed by atoms with E-state index in [2.05, 4.69) is 10.2 Å². The molecule has 1 fully saturated rings. The van der Waals surface area contributed by atoms with Crippen molar-refractivity contribution in [2.24, 2.45) is 0 Å². The number of methoxy groups -OCH3 is 2. The molecule has 0 spiro atoms. The number of ether oxygens (including phenoxy) is 3. The number of carbonyl (C=O) groups excluding carboxylic acids is 1. The molecule has 0 aliphatic carbocycles. The van der Waals surface area contributed by atoms with Crippen LogP contribution in [-0.2, 0) is 4.74 Å². The summed E-state index contributed by atoms with van der Waals surface area (Å²) in [5.41, 5.74) is 1.87. The van der Waals surface area contributed by atoms with Gasteiger partial charge < -0.3 is 23.9 Å². The zero-order valence-electron chi connectivity index (χ0n) is 16.0. The number of carbonyl (C=O) groups is 1. The Hall–Kier alpha value is -2.51. The van der Waals surface area contributed by atoms with E-state index in [-0.39, 0.29) is 11.9 Å². The third kappa shape index (κ3) is 4.43. The Morgan fingerprint density at radius 2 is 1.93 bits per heavy atom. The molecule has 1 unspecified atom stereocenters. The molecule has 1 aliphatic heterocycles. The fourth-order valence-electron chi connectivity index (χ4n) is 3.28. The SMILES string of the molecule is COc1ccc(C(CNC(=O)c2occc2C)N2CCOCC2)cc1OC. The molecule has 1 atom stereocenters. The van der Waals surface area contributed by atoms with Crippen LogP contribution in [0.1, 0.15) is 27.7 Å². The molecule has 2 heterocycles. The van der Waals surface area contributed by atoms with Crippen molar-refractivity contribution in [2.75, 3.05) is 47.1 Å². The molecule has 7 nitrogen and oxygen atoms in total. The van der Waals surface area contributed by atoms with Crippen LogP contribution in [0.15, 0.2) is 34.9 Å². The van der Waals surface area contributed by atoms with Gasteiger partial charge in [-0.25, -0.2) is 0 Å². The minimum atomic E-state index is -0.212. The number of amides is 1. The van der Waals surface area contributed by atoms with E-state index in [0.29, 0.717) is 37.0 Å². The van der Waals surface area contributed by atoms with Gasteiger partial charge in [0.1, 0.15) is 0 Å². The first kappa shape index (κ1) is 19.3. The van der Waals surface area contributed by atoms with Crippen molar-refractivity contribution in [3.63, 3.8) is 0 Å². The predicted octanol–water partition coefficient (Wildman–Crippen LogP) is 2.41. The number of morpholine rings is 1. The van der Waals surface area contributed by atoms with Crippen molar-refractivity contribution in [1.82, 2.24) is 10.2 Å². The van der Waals surface area contributed by atoms with E-state index in [4.69, 9.17) is 18.6 Å². The van der Waals surface area contributed by atoms with Gasteiger partial charge in [0, 0.05) is 25.2 Å². The summed E-state index contributed by atoms with van der Waals surface area (Å²) in [6.07, 6.45) is 1.53. The quantitative estimate of drug-likeness (QED) is 0.802. The molecule has 3 rings (SSSR count). The van der Waals surface area contributed by atoms with Gasteiger partial charge in [-0.15, -0.1) is 0 Å². The Balaban J connectivity index is 1.80. The lowest BCUT2D eigenvalue weighted by Crippen LogP contribution is -2.43. The first-order valence-electron chi connectivity index (χ1n) is 9.00. The summed E-state index contributed by atoms with van der Waals surface area (Å²) in [6.45, 7) is 5.26. The summed E-state index contributed by atoms with van der Waals surface area (Å²) in [4.78, 5) is 14.8. The molecule has 1 aliphatic rings. The van der Waals surface area contributed by atoms with Crippen molar-refractivity contribution in [2.45, 2.75) is 13.0 Å². The molecular formula is C20H26N2O5. The summed E-state index contributed by atoms with van der Waals surface area (Å²) >= 11 is 0. The summed E-state index contributed by atoms with van der Waals surface area (Å²) in [5, 5.41) is 3.00. The summed E-state index contributed by atoms with van der Waals surface area (Å²) in [6, 6.07) is 7.63. The van der Waals surface area contributed by atoms with Gasteiger partial charge in [0.05, 0.1) is 39.7 Å². The second kappa shape index (κ2) is 8.92. The minimum absolute atomic E-state index is 0.00655. The topological polar surface area (TPSA) is 73.2 Å². The average molecular weight is 374 g/mol. The molecule has 0 saturated carbocycles. The second-order valence-electron chi connectivity index (χ2n) is 6.42. The molecule has 1 aromatic carbocycles. The molecule has 27 heavy (non-hydrogen) atoms. The molecule has 1 aromatic heterocycles. The number of benzene rings is 1. The monoisotopic (exact) mass is 374 g/mol. The molecule has 1 saturated heterocycles. The van der Waals surface area contributed by atoms with Crippen LogP contribution in [0.4, 0.5) is 0 Å². The van der Waals surface area contributed by atoms with Crippen LogP contribution >= 0.6 is 0 Å². The molecule has 0 bridgehead atoms. The number of aryl methyl sites for hydroxylation is 1. The first-order valence-corrected chi connectivity index (χ1v) is 9.00. The number of hydrogen-bond acceptors (Lipinski definition) is 6. The van der Waals surface area contributed by atoms with Crippen molar-refractivity contribution in [3.8, 4) is 11.5 Å². The Labute approximate surface area is 159 Å². The number of rotatable bonds is 7. The van der Waals surface area contributed by atoms with E-state index < -0.39 is 0 Å². The zero-order valence-corrected chi connectivity index (χ0v) is 16.0. The van der Waals surface area contributed by atoms with Crippen LogP contribution < -0.4 is 14.8 Å². The number of furan rings is 1. The van der Waals surface area contributed by atoms with Gasteiger partial charge in [-0.2, -0.15) is 0 Å². The van der Waals surface area contributed by atoms with Crippen molar-refractivity contribution < 1.29 is 23.4 Å². The van der Waals surface area contributed by atoms with Gasteiger partial charge in [0.15, 0.2) is 17.3 Å². The van der Waals surface area contributed by atoms with Crippen molar-refractivity contribution >= 4 is 5.91 Å². The summed E-state index contributed by atoms with van der Waals surface area (Å²) < 4.78 is 21.6. The van der Waals surface area contributed by atoms with Gasteiger partial charge in [-0.05, 0) is 30.7 Å². The van der Waals surface area contributed by atoms with Crippen molar-refractivity contribution in [3.05, 3.63) is 47.4 Å². The summed E-state index contributed by atoms with van der Waals surface area (Å²) in [5.74, 6) is 1.48. The highest BCUT2D eigenvalue weighted by Crippen LogP contribution is 2.32.